The van der Waals surface area contributed by atoms with Gasteiger partial charge < -0.3 is 14.8 Å². The summed E-state index contributed by atoms with van der Waals surface area (Å²) in [5.74, 6) is 0.893. The van der Waals surface area contributed by atoms with E-state index in [1.165, 1.54) is 12.8 Å². The Morgan fingerprint density at radius 2 is 1.74 bits per heavy atom. The lowest BCUT2D eigenvalue weighted by Crippen LogP contribution is -2.44. The number of ether oxygens (including phenoxy) is 2. The van der Waals surface area contributed by atoms with Gasteiger partial charge in [0.1, 0.15) is 0 Å². The molecule has 1 N–H and O–H groups in total. The summed E-state index contributed by atoms with van der Waals surface area (Å²) in [7, 11) is 1.74. The number of rotatable bonds is 10. The van der Waals surface area contributed by atoms with Crippen molar-refractivity contribution in [2.24, 2.45) is 11.3 Å². The van der Waals surface area contributed by atoms with Crippen LogP contribution in [0.4, 0.5) is 0 Å². The van der Waals surface area contributed by atoms with Gasteiger partial charge in [-0.2, -0.15) is 0 Å². The van der Waals surface area contributed by atoms with Gasteiger partial charge in [-0.05, 0) is 57.8 Å². The summed E-state index contributed by atoms with van der Waals surface area (Å²) >= 11 is 0. The van der Waals surface area contributed by atoms with Gasteiger partial charge >= 0.3 is 0 Å². The average Bonchev–Trinajstić information content (AvgIpc) is 3.14. The fraction of sp³-hybridized carbons (Fsp3) is 1.00. The van der Waals surface area contributed by atoms with Gasteiger partial charge in [0.2, 0.25) is 0 Å². The zero-order valence-corrected chi connectivity index (χ0v) is 13.6. The maximum atomic E-state index is 5.73. The summed E-state index contributed by atoms with van der Waals surface area (Å²) in [5, 5.41) is 3.67. The maximum absolute atomic E-state index is 5.73. The minimum absolute atomic E-state index is 0.204. The zero-order valence-electron chi connectivity index (χ0n) is 13.6. The summed E-state index contributed by atoms with van der Waals surface area (Å²) in [6.45, 7) is 12.7. The van der Waals surface area contributed by atoms with Crippen LogP contribution in [0.2, 0.25) is 0 Å². The number of hydrogen-bond acceptors (Lipinski definition) is 3. The third-order valence-corrected chi connectivity index (χ3v) is 4.04. The molecule has 0 amide bonds. The van der Waals surface area contributed by atoms with Crippen molar-refractivity contribution in [2.45, 2.75) is 58.9 Å². The highest BCUT2D eigenvalue weighted by Crippen LogP contribution is 2.47. The topological polar surface area (TPSA) is 30.5 Å². The third kappa shape index (κ3) is 7.28. The van der Waals surface area contributed by atoms with Crippen LogP contribution in [-0.2, 0) is 9.47 Å². The Bertz CT molecular complexity index is 246. The zero-order chi connectivity index (χ0) is 14.4. The van der Waals surface area contributed by atoms with E-state index in [2.05, 4.69) is 33.0 Å². The molecule has 3 nitrogen and oxygen atoms in total. The van der Waals surface area contributed by atoms with Gasteiger partial charge in [0.25, 0.3) is 0 Å². The monoisotopic (exact) mass is 271 g/mol. The second kappa shape index (κ2) is 7.61. The summed E-state index contributed by atoms with van der Waals surface area (Å²) in [6, 6.07) is 0. The molecule has 1 unspecified atom stereocenters. The van der Waals surface area contributed by atoms with Crippen molar-refractivity contribution in [1.82, 2.24) is 5.32 Å². The second-order valence-corrected chi connectivity index (χ2v) is 7.24. The molecule has 0 aromatic heterocycles. The van der Waals surface area contributed by atoms with Gasteiger partial charge in [-0.25, -0.2) is 0 Å². The van der Waals surface area contributed by atoms with Crippen LogP contribution in [0.15, 0.2) is 0 Å². The van der Waals surface area contributed by atoms with Crippen LogP contribution in [-0.4, -0.2) is 39.0 Å². The molecule has 0 spiro atoms. The highest BCUT2D eigenvalue weighted by molar-refractivity contribution is 4.93. The average molecular weight is 271 g/mol. The second-order valence-electron chi connectivity index (χ2n) is 7.24. The third-order valence-electron chi connectivity index (χ3n) is 4.04. The molecule has 0 bridgehead atoms. The Hall–Kier alpha value is -0.120. The highest BCUT2D eigenvalue weighted by atomic mass is 16.5. The molecule has 0 radical (unpaired) electrons. The van der Waals surface area contributed by atoms with E-state index in [4.69, 9.17) is 9.47 Å². The van der Waals surface area contributed by atoms with E-state index in [-0.39, 0.29) is 5.54 Å². The van der Waals surface area contributed by atoms with Gasteiger partial charge in [0, 0.05) is 39.0 Å². The summed E-state index contributed by atoms with van der Waals surface area (Å²) in [6.07, 6.45) is 4.95. The standard InChI is InChI=1S/C16H33NO2/c1-15(2,3)17-13-16(4,14-7-8-14)9-12-19-11-6-10-18-5/h14,17H,6-13H2,1-5H3. The predicted octanol–water partition coefficient (Wildman–Crippen LogP) is 3.23. The molecule has 0 aromatic rings. The molecule has 1 saturated carbocycles. The molecule has 19 heavy (non-hydrogen) atoms. The van der Waals surface area contributed by atoms with Gasteiger partial charge in [-0.15, -0.1) is 0 Å². The first-order valence-electron chi connectivity index (χ1n) is 7.69. The quantitative estimate of drug-likeness (QED) is 0.619. The van der Waals surface area contributed by atoms with Gasteiger partial charge in [-0.3, -0.25) is 0 Å². The largest absolute Gasteiger partial charge is 0.385 e. The molecule has 0 saturated heterocycles. The van der Waals surface area contributed by atoms with Crippen molar-refractivity contribution in [3.63, 3.8) is 0 Å². The van der Waals surface area contributed by atoms with Gasteiger partial charge in [-0.1, -0.05) is 6.92 Å². The number of nitrogens with one attached hydrogen (secondary N) is 1. The van der Waals surface area contributed by atoms with E-state index in [1.807, 2.05) is 0 Å². The molecule has 1 aliphatic rings. The molecule has 0 heterocycles. The van der Waals surface area contributed by atoms with Crippen molar-refractivity contribution < 1.29 is 9.47 Å². The first-order chi connectivity index (χ1) is 8.87. The fourth-order valence-electron chi connectivity index (χ4n) is 2.40. The molecule has 1 aliphatic carbocycles. The van der Waals surface area contributed by atoms with E-state index in [1.54, 1.807) is 7.11 Å². The van der Waals surface area contributed by atoms with Crippen LogP contribution < -0.4 is 5.32 Å². The van der Waals surface area contributed by atoms with Crippen LogP contribution in [0.1, 0.15) is 53.4 Å². The van der Waals surface area contributed by atoms with E-state index < -0.39 is 0 Å². The Labute approximate surface area is 119 Å². The summed E-state index contributed by atoms with van der Waals surface area (Å²) < 4.78 is 10.8. The Kier molecular flexibility index (Phi) is 6.78. The smallest absolute Gasteiger partial charge is 0.0487 e. The Balaban J connectivity index is 2.23. The van der Waals surface area contributed by atoms with Crippen LogP contribution >= 0.6 is 0 Å². The van der Waals surface area contributed by atoms with Crippen molar-refractivity contribution in [2.75, 3.05) is 33.5 Å². The molecule has 114 valence electrons. The van der Waals surface area contributed by atoms with Crippen LogP contribution in [0, 0.1) is 11.3 Å². The molecule has 0 aliphatic heterocycles. The molecule has 1 rings (SSSR count). The van der Waals surface area contributed by atoms with E-state index >= 15 is 0 Å². The molecule has 1 fully saturated rings. The lowest BCUT2D eigenvalue weighted by molar-refractivity contribution is 0.0715. The first kappa shape index (κ1) is 16.9. The maximum Gasteiger partial charge on any atom is 0.0487 e. The Morgan fingerprint density at radius 3 is 2.26 bits per heavy atom. The minimum atomic E-state index is 0.204. The predicted molar refractivity (Wildman–Crippen MR) is 80.5 cm³/mol. The van der Waals surface area contributed by atoms with Crippen molar-refractivity contribution in [1.29, 1.82) is 0 Å². The van der Waals surface area contributed by atoms with Crippen LogP contribution in [0.5, 0.6) is 0 Å². The van der Waals surface area contributed by atoms with Crippen LogP contribution in [0.3, 0.4) is 0 Å². The minimum Gasteiger partial charge on any atom is -0.385 e. The fourth-order valence-corrected chi connectivity index (χ4v) is 2.40. The van der Waals surface area contributed by atoms with Crippen LogP contribution in [0.25, 0.3) is 0 Å². The molecular formula is C16H33NO2. The van der Waals surface area contributed by atoms with Crippen molar-refractivity contribution in [3.05, 3.63) is 0 Å². The Morgan fingerprint density at radius 1 is 1.05 bits per heavy atom. The molecule has 1 atom stereocenters. The van der Waals surface area contributed by atoms with Crippen molar-refractivity contribution >= 4 is 0 Å². The summed E-state index contributed by atoms with van der Waals surface area (Å²) in [5.41, 5.74) is 0.601. The van der Waals surface area contributed by atoms with Crippen molar-refractivity contribution in [3.8, 4) is 0 Å². The van der Waals surface area contributed by atoms with Gasteiger partial charge in [0.15, 0.2) is 0 Å². The highest BCUT2D eigenvalue weighted by Gasteiger charge is 2.41. The lowest BCUT2D eigenvalue weighted by Gasteiger charge is -2.34. The van der Waals surface area contributed by atoms with E-state index in [0.717, 1.165) is 45.1 Å². The molecule has 0 aromatic carbocycles. The normalized spacial score (nSPS) is 19.4. The number of methoxy groups -OCH3 is 1. The lowest BCUT2D eigenvalue weighted by atomic mass is 9.81. The van der Waals surface area contributed by atoms with E-state index in [0.29, 0.717) is 5.41 Å². The molecule has 3 heteroatoms. The SMILES string of the molecule is COCCCOCCC(C)(CNC(C)(C)C)C1CC1. The molecular weight excluding hydrogens is 238 g/mol. The first-order valence-corrected chi connectivity index (χ1v) is 7.69. The van der Waals surface area contributed by atoms with Gasteiger partial charge in [0.05, 0.1) is 0 Å². The van der Waals surface area contributed by atoms with E-state index in [9.17, 15) is 0 Å². The summed E-state index contributed by atoms with van der Waals surface area (Å²) in [4.78, 5) is 0. The number of hydrogen-bond donors (Lipinski definition) is 1.